The van der Waals surface area contributed by atoms with E-state index in [-0.39, 0.29) is 11.4 Å². The van der Waals surface area contributed by atoms with E-state index in [0.29, 0.717) is 21.8 Å². The Morgan fingerprint density at radius 1 is 1.12 bits per heavy atom. The number of ketones is 1. The third-order valence-electron chi connectivity index (χ3n) is 4.14. The molecule has 4 rings (SSSR count). The first-order valence-electron chi connectivity index (χ1n) is 7.57. The molecule has 0 fully saturated rings. The fourth-order valence-electron chi connectivity index (χ4n) is 2.91. The topological polar surface area (TPSA) is 109 Å². The zero-order valence-electron chi connectivity index (χ0n) is 13.2. The summed E-state index contributed by atoms with van der Waals surface area (Å²) in [5.41, 5.74) is 1.19. The zero-order chi connectivity index (χ0) is 18.3. The number of Topliss-reactive ketones (excluding diaryl/α,β-unsaturated/α-hetero) is 1. The number of aromatic amines is 1. The van der Waals surface area contributed by atoms with Crippen LogP contribution in [0.3, 0.4) is 0 Å². The normalized spacial score (nSPS) is 17.9. The van der Waals surface area contributed by atoms with Crippen LogP contribution >= 0.6 is 11.6 Å². The van der Waals surface area contributed by atoms with E-state index in [9.17, 15) is 13.2 Å². The quantitative estimate of drug-likeness (QED) is 0.733. The van der Waals surface area contributed by atoms with Gasteiger partial charge in [-0.1, -0.05) is 11.6 Å². The molecule has 0 bridgehead atoms. The number of hydrogen-bond acceptors (Lipinski definition) is 6. The van der Waals surface area contributed by atoms with Crippen molar-refractivity contribution in [1.29, 1.82) is 0 Å². The van der Waals surface area contributed by atoms with Crippen molar-refractivity contribution in [2.75, 3.05) is 0 Å². The highest BCUT2D eigenvalue weighted by atomic mass is 35.5. The Kier molecular flexibility index (Phi) is 4.06. The number of sulfonamides is 1. The molecule has 1 atom stereocenters. The molecule has 1 aliphatic heterocycles. The Morgan fingerprint density at radius 2 is 1.81 bits per heavy atom. The van der Waals surface area contributed by atoms with Crippen molar-refractivity contribution >= 4 is 27.4 Å². The molecule has 3 heterocycles. The Bertz CT molecular complexity index is 1070. The van der Waals surface area contributed by atoms with Crippen LogP contribution in [0.25, 0.3) is 0 Å². The highest BCUT2D eigenvalue weighted by Gasteiger charge is 2.43. The van der Waals surface area contributed by atoms with Crippen molar-refractivity contribution in [3.05, 3.63) is 71.0 Å². The number of H-pyrrole nitrogens is 1. The third kappa shape index (κ3) is 2.70. The van der Waals surface area contributed by atoms with Gasteiger partial charge in [-0.25, -0.2) is 18.4 Å². The molecule has 2 aromatic heterocycles. The zero-order valence-corrected chi connectivity index (χ0v) is 14.8. The van der Waals surface area contributed by atoms with Crippen LogP contribution in [-0.4, -0.2) is 38.7 Å². The maximum Gasteiger partial charge on any atom is 0.244 e. The molecule has 10 heteroatoms. The van der Waals surface area contributed by atoms with E-state index < -0.39 is 21.8 Å². The molecular weight excluding hydrogens is 378 g/mol. The molecular formula is C16H12ClN5O3S. The molecule has 0 aliphatic carbocycles. The molecule has 1 unspecified atom stereocenters. The van der Waals surface area contributed by atoms with E-state index >= 15 is 0 Å². The third-order valence-corrected chi connectivity index (χ3v) is 6.22. The van der Waals surface area contributed by atoms with Crippen LogP contribution in [0.15, 0.2) is 54.1 Å². The Labute approximate surface area is 153 Å². The van der Waals surface area contributed by atoms with Gasteiger partial charge in [0.15, 0.2) is 0 Å². The number of benzene rings is 1. The monoisotopic (exact) mass is 389 g/mol. The van der Waals surface area contributed by atoms with Gasteiger partial charge in [-0.3, -0.25) is 9.89 Å². The lowest BCUT2D eigenvalue weighted by atomic mass is 9.97. The smallest absolute Gasteiger partial charge is 0.244 e. The van der Waals surface area contributed by atoms with Gasteiger partial charge in [0, 0.05) is 35.1 Å². The van der Waals surface area contributed by atoms with Crippen LogP contribution in [0.4, 0.5) is 0 Å². The first-order chi connectivity index (χ1) is 12.5. The summed E-state index contributed by atoms with van der Waals surface area (Å²) in [6.45, 7) is 0.00208. The maximum atomic E-state index is 13.2. The van der Waals surface area contributed by atoms with E-state index in [1.807, 2.05) is 0 Å². The summed E-state index contributed by atoms with van der Waals surface area (Å²) in [5, 5.41) is 6.93. The standard InChI is InChI=1S/C16H12ClN5O3S/c17-12-1-3-13(4-2-12)26(24,25)22-8-11-7-20-21-14(11)16(23)15(22)10-5-18-9-19-6-10/h1-7,9,15H,8H2,(H,20,21). The van der Waals surface area contributed by atoms with Gasteiger partial charge in [-0.15, -0.1) is 0 Å². The molecule has 0 amide bonds. The first kappa shape index (κ1) is 16.8. The van der Waals surface area contributed by atoms with Crippen LogP contribution < -0.4 is 0 Å². The van der Waals surface area contributed by atoms with E-state index in [1.54, 1.807) is 0 Å². The van der Waals surface area contributed by atoms with E-state index in [1.165, 1.54) is 49.2 Å². The minimum atomic E-state index is -3.97. The summed E-state index contributed by atoms with van der Waals surface area (Å²) in [4.78, 5) is 20.8. The second-order valence-corrected chi connectivity index (χ2v) is 8.04. The number of carbonyl (C=O) groups is 1. The van der Waals surface area contributed by atoms with Crippen molar-refractivity contribution in [2.45, 2.75) is 17.5 Å². The molecule has 132 valence electrons. The second-order valence-electron chi connectivity index (χ2n) is 5.71. The lowest BCUT2D eigenvalue weighted by Gasteiger charge is -2.33. The first-order valence-corrected chi connectivity index (χ1v) is 9.39. The summed E-state index contributed by atoms with van der Waals surface area (Å²) in [5.74, 6) is -0.406. The van der Waals surface area contributed by atoms with Gasteiger partial charge in [-0.05, 0) is 24.3 Å². The van der Waals surface area contributed by atoms with E-state index in [4.69, 9.17) is 11.6 Å². The predicted octanol–water partition coefficient (Wildman–Crippen LogP) is 1.98. The maximum absolute atomic E-state index is 13.2. The minimum Gasteiger partial charge on any atom is -0.290 e. The summed E-state index contributed by atoms with van der Waals surface area (Å²) in [6, 6.07) is 4.72. The number of nitrogens with one attached hydrogen (secondary N) is 1. The van der Waals surface area contributed by atoms with E-state index in [2.05, 4.69) is 20.2 Å². The van der Waals surface area contributed by atoms with Gasteiger partial charge in [0.2, 0.25) is 15.8 Å². The lowest BCUT2D eigenvalue weighted by Crippen LogP contribution is -2.42. The summed E-state index contributed by atoms with van der Waals surface area (Å²) in [6.07, 6.45) is 5.63. The van der Waals surface area contributed by atoms with Crippen molar-refractivity contribution in [3.8, 4) is 0 Å². The molecule has 0 radical (unpaired) electrons. The minimum absolute atomic E-state index is 0.00208. The predicted molar refractivity (Wildman–Crippen MR) is 91.9 cm³/mol. The summed E-state index contributed by atoms with van der Waals surface area (Å²) < 4.78 is 27.6. The Morgan fingerprint density at radius 3 is 2.50 bits per heavy atom. The van der Waals surface area contributed by atoms with Crippen molar-refractivity contribution in [1.82, 2.24) is 24.5 Å². The van der Waals surface area contributed by atoms with Gasteiger partial charge in [0.25, 0.3) is 0 Å². The SMILES string of the molecule is O=C1c2[nH]ncc2CN(S(=O)(=O)c2ccc(Cl)cc2)C1c1cncnc1. The fraction of sp³-hybridized carbons (Fsp3) is 0.125. The number of carbonyl (C=O) groups excluding carboxylic acids is 1. The van der Waals surface area contributed by atoms with Crippen LogP contribution in [0.5, 0.6) is 0 Å². The van der Waals surface area contributed by atoms with Crippen molar-refractivity contribution in [2.24, 2.45) is 0 Å². The average molecular weight is 390 g/mol. The largest absolute Gasteiger partial charge is 0.290 e. The van der Waals surface area contributed by atoms with Gasteiger partial charge < -0.3 is 0 Å². The van der Waals surface area contributed by atoms with Gasteiger partial charge in [-0.2, -0.15) is 9.40 Å². The molecule has 3 aromatic rings. The number of halogens is 1. The molecule has 0 saturated heterocycles. The van der Waals surface area contributed by atoms with Gasteiger partial charge >= 0.3 is 0 Å². The number of aromatic nitrogens is 4. The summed E-state index contributed by atoms with van der Waals surface area (Å²) in [7, 11) is -3.97. The van der Waals surface area contributed by atoms with Crippen LogP contribution in [0, 0.1) is 0 Å². The molecule has 0 spiro atoms. The number of rotatable bonds is 3. The Hall–Kier alpha value is -2.62. The summed E-state index contributed by atoms with van der Waals surface area (Å²) >= 11 is 5.86. The molecule has 26 heavy (non-hydrogen) atoms. The van der Waals surface area contributed by atoms with Crippen LogP contribution in [0.1, 0.15) is 27.7 Å². The van der Waals surface area contributed by atoms with Gasteiger partial charge in [0.1, 0.15) is 18.1 Å². The fourth-order valence-corrected chi connectivity index (χ4v) is 4.59. The van der Waals surface area contributed by atoms with Crippen molar-refractivity contribution in [3.63, 3.8) is 0 Å². The number of hydrogen-bond donors (Lipinski definition) is 1. The molecule has 8 nitrogen and oxygen atoms in total. The van der Waals surface area contributed by atoms with Crippen LogP contribution in [0.2, 0.25) is 5.02 Å². The molecule has 1 N–H and O–H groups in total. The number of nitrogens with zero attached hydrogens (tertiary/aromatic N) is 4. The van der Waals surface area contributed by atoms with E-state index in [0.717, 1.165) is 4.31 Å². The van der Waals surface area contributed by atoms with Gasteiger partial charge in [0.05, 0.1) is 11.1 Å². The molecule has 0 saturated carbocycles. The van der Waals surface area contributed by atoms with Crippen LogP contribution in [-0.2, 0) is 16.6 Å². The lowest BCUT2D eigenvalue weighted by molar-refractivity contribution is 0.0863. The van der Waals surface area contributed by atoms with Crippen molar-refractivity contribution < 1.29 is 13.2 Å². The molecule has 1 aromatic carbocycles. The number of fused-ring (bicyclic) bond motifs is 1. The highest BCUT2D eigenvalue weighted by molar-refractivity contribution is 7.89. The Balaban J connectivity index is 1.87. The highest BCUT2D eigenvalue weighted by Crippen LogP contribution is 2.36. The average Bonchev–Trinajstić information content (AvgIpc) is 3.12. The second kappa shape index (κ2) is 6.27. The molecule has 1 aliphatic rings.